The van der Waals surface area contributed by atoms with Crippen LogP contribution in [0.2, 0.25) is 20.1 Å². The Labute approximate surface area is 255 Å². The SMILES string of the molecule is CC[C@@H](C)NC(=O)[C@@H](C)N(Cc1ccc(Cl)c(Cl)c1)C(=O)CN(c1cc(Cl)cc(Cl)c1)S(=O)(=O)c1ccccc1. The molecule has 0 bridgehead atoms. The molecule has 2 amide bonds. The smallest absolute Gasteiger partial charge is 0.264 e. The lowest BCUT2D eigenvalue weighted by Crippen LogP contribution is -2.52. The van der Waals surface area contributed by atoms with Gasteiger partial charge in [-0.1, -0.05) is 77.6 Å². The lowest BCUT2D eigenvalue weighted by Gasteiger charge is -2.32. The van der Waals surface area contributed by atoms with E-state index in [1.165, 1.54) is 35.2 Å². The van der Waals surface area contributed by atoms with Gasteiger partial charge in [-0.2, -0.15) is 0 Å². The Balaban J connectivity index is 2.06. The van der Waals surface area contributed by atoms with Crippen LogP contribution in [0.5, 0.6) is 0 Å². The Morgan fingerprint density at radius 1 is 0.875 bits per heavy atom. The highest BCUT2D eigenvalue weighted by Crippen LogP contribution is 2.30. The predicted molar refractivity (Wildman–Crippen MR) is 162 cm³/mol. The molecule has 0 unspecified atom stereocenters. The van der Waals surface area contributed by atoms with Crippen molar-refractivity contribution in [2.24, 2.45) is 0 Å². The van der Waals surface area contributed by atoms with Crippen molar-refractivity contribution >= 4 is 73.9 Å². The molecule has 12 heteroatoms. The maximum Gasteiger partial charge on any atom is 0.264 e. The third kappa shape index (κ3) is 8.04. The summed E-state index contributed by atoms with van der Waals surface area (Å²) < 4.78 is 28.5. The zero-order valence-electron chi connectivity index (χ0n) is 22.1. The average Bonchev–Trinajstić information content (AvgIpc) is 2.91. The largest absolute Gasteiger partial charge is 0.352 e. The molecule has 0 aliphatic heterocycles. The molecule has 0 saturated carbocycles. The zero-order chi connectivity index (χ0) is 29.6. The fourth-order valence-electron chi connectivity index (χ4n) is 3.81. The standard InChI is InChI=1S/C28H29Cl4N3O4S/c1-4-18(2)33-28(37)19(3)34(16-20-10-11-25(31)26(32)12-20)27(36)17-35(23-14-21(29)13-22(30)15-23)40(38,39)24-8-6-5-7-9-24/h5-15,18-19H,4,16-17H2,1-3H3,(H,33,37)/t18-,19-/m1/s1. The number of rotatable bonds is 11. The van der Waals surface area contributed by atoms with E-state index in [1.807, 2.05) is 13.8 Å². The van der Waals surface area contributed by atoms with Gasteiger partial charge in [-0.15, -0.1) is 0 Å². The van der Waals surface area contributed by atoms with Gasteiger partial charge in [-0.3, -0.25) is 13.9 Å². The molecule has 40 heavy (non-hydrogen) atoms. The van der Waals surface area contributed by atoms with Gasteiger partial charge in [0.15, 0.2) is 0 Å². The highest BCUT2D eigenvalue weighted by atomic mass is 35.5. The lowest BCUT2D eigenvalue weighted by molar-refractivity contribution is -0.139. The van der Waals surface area contributed by atoms with Crippen molar-refractivity contribution in [3.8, 4) is 0 Å². The number of benzene rings is 3. The molecule has 0 fully saturated rings. The van der Waals surface area contributed by atoms with Crippen LogP contribution in [-0.4, -0.2) is 43.8 Å². The van der Waals surface area contributed by atoms with E-state index in [4.69, 9.17) is 46.4 Å². The van der Waals surface area contributed by atoms with Gasteiger partial charge in [0.2, 0.25) is 11.8 Å². The van der Waals surface area contributed by atoms with Crippen LogP contribution < -0.4 is 9.62 Å². The van der Waals surface area contributed by atoms with Gasteiger partial charge in [0.25, 0.3) is 10.0 Å². The first kappa shape index (κ1) is 32.0. The Morgan fingerprint density at radius 3 is 2.08 bits per heavy atom. The van der Waals surface area contributed by atoms with E-state index in [2.05, 4.69) is 5.32 Å². The molecule has 0 aliphatic carbocycles. The van der Waals surface area contributed by atoms with Crippen LogP contribution in [0, 0.1) is 0 Å². The number of anilines is 1. The molecule has 0 spiro atoms. The topological polar surface area (TPSA) is 86.8 Å². The van der Waals surface area contributed by atoms with E-state index < -0.39 is 28.5 Å². The maximum absolute atomic E-state index is 13.9. The number of hydrogen-bond acceptors (Lipinski definition) is 4. The van der Waals surface area contributed by atoms with Crippen LogP contribution >= 0.6 is 46.4 Å². The molecule has 7 nitrogen and oxygen atoms in total. The number of carbonyl (C=O) groups excluding carboxylic acids is 2. The van der Waals surface area contributed by atoms with Crippen molar-refractivity contribution in [3.63, 3.8) is 0 Å². The molecular formula is C28H29Cl4N3O4S. The van der Waals surface area contributed by atoms with E-state index in [1.54, 1.807) is 43.3 Å². The van der Waals surface area contributed by atoms with E-state index in [9.17, 15) is 18.0 Å². The Hall–Kier alpha value is -2.49. The number of hydrogen-bond donors (Lipinski definition) is 1. The van der Waals surface area contributed by atoms with Crippen molar-refractivity contribution in [2.45, 2.75) is 50.7 Å². The van der Waals surface area contributed by atoms with E-state index in [-0.39, 0.29) is 44.1 Å². The summed E-state index contributed by atoms with van der Waals surface area (Å²) >= 11 is 24.7. The Morgan fingerprint density at radius 2 is 1.50 bits per heavy atom. The first-order valence-electron chi connectivity index (χ1n) is 12.4. The first-order chi connectivity index (χ1) is 18.8. The van der Waals surface area contributed by atoms with Gasteiger partial charge in [0.1, 0.15) is 12.6 Å². The van der Waals surface area contributed by atoms with Crippen molar-refractivity contribution in [2.75, 3.05) is 10.8 Å². The van der Waals surface area contributed by atoms with Gasteiger partial charge in [-0.25, -0.2) is 8.42 Å². The second-order valence-electron chi connectivity index (χ2n) is 9.22. The minimum atomic E-state index is -4.24. The van der Waals surface area contributed by atoms with E-state index in [0.717, 1.165) is 4.31 Å². The number of nitrogens with zero attached hydrogens (tertiary/aromatic N) is 2. The van der Waals surface area contributed by atoms with Gasteiger partial charge in [-0.05, 0) is 68.3 Å². The Bertz CT molecular complexity index is 1450. The Kier molecular flexibility index (Phi) is 11.1. The quantitative estimate of drug-likeness (QED) is 0.248. The molecule has 0 radical (unpaired) electrons. The number of halogens is 4. The molecule has 3 rings (SSSR count). The third-order valence-corrected chi connectivity index (χ3v) is 9.21. The van der Waals surface area contributed by atoms with Gasteiger partial charge in [0, 0.05) is 22.6 Å². The lowest BCUT2D eigenvalue weighted by atomic mass is 10.1. The molecule has 3 aromatic carbocycles. The second-order valence-corrected chi connectivity index (χ2v) is 12.8. The minimum Gasteiger partial charge on any atom is -0.352 e. The number of carbonyl (C=O) groups is 2. The first-order valence-corrected chi connectivity index (χ1v) is 15.4. The number of sulfonamides is 1. The summed E-state index contributed by atoms with van der Waals surface area (Å²) in [4.78, 5) is 28.3. The molecule has 0 aromatic heterocycles. The van der Waals surface area contributed by atoms with Crippen molar-refractivity contribution < 1.29 is 18.0 Å². The summed E-state index contributed by atoms with van der Waals surface area (Å²) in [5.41, 5.74) is 0.704. The molecule has 0 aliphatic rings. The fourth-order valence-corrected chi connectivity index (χ4v) is 6.07. The van der Waals surface area contributed by atoms with Crippen LogP contribution in [0.15, 0.2) is 71.6 Å². The summed E-state index contributed by atoms with van der Waals surface area (Å²) in [5, 5.41) is 3.88. The highest BCUT2D eigenvalue weighted by Gasteiger charge is 2.33. The number of amides is 2. The minimum absolute atomic E-state index is 0.0274. The van der Waals surface area contributed by atoms with Crippen molar-refractivity contribution in [1.29, 1.82) is 0 Å². The zero-order valence-corrected chi connectivity index (χ0v) is 25.9. The summed E-state index contributed by atoms with van der Waals surface area (Å²) in [6.07, 6.45) is 0.692. The average molecular weight is 645 g/mol. The predicted octanol–water partition coefficient (Wildman–Crippen LogP) is 6.83. The molecule has 0 heterocycles. The van der Waals surface area contributed by atoms with Crippen molar-refractivity contribution in [3.05, 3.63) is 92.4 Å². The molecule has 1 N–H and O–H groups in total. The molecule has 0 saturated heterocycles. The highest BCUT2D eigenvalue weighted by molar-refractivity contribution is 7.92. The summed E-state index contributed by atoms with van der Waals surface area (Å²) in [6.45, 7) is 4.71. The summed E-state index contributed by atoms with van der Waals surface area (Å²) in [5.74, 6) is -1.01. The number of nitrogens with one attached hydrogen (secondary N) is 1. The van der Waals surface area contributed by atoms with Crippen LogP contribution in [-0.2, 0) is 26.2 Å². The monoisotopic (exact) mass is 643 g/mol. The molecule has 3 aromatic rings. The van der Waals surface area contributed by atoms with E-state index in [0.29, 0.717) is 17.0 Å². The maximum atomic E-state index is 13.9. The summed E-state index contributed by atoms with van der Waals surface area (Å²) in [6, 6.07) is 15.8. The molecular weight excluding hydrogens is 616 g/mol. The van der Waals surface area contributed by atoms with Gasteiger partial charge in [0.05, 0.1) is 20.6 Å². The van der Waals surface area contributed by atoms with E-state index >= 15 is 0 Å². The summed E-state index contributed by atoms with van der Waals surface area (Å²) in [7, 11) is -4.24. The van der Waals surface area contributed by atoms with Crippen LogP contribution in [0.3, 0.4) is 0 Å². The molecule has 2 atom stereocenters. The van der Waals surface area contributed by atoms with Crippen LogP contribution in [0.1, 0.15) is 32.8 Å². The third-order valence-electron chi connectivity index (χ3n) is 6.25. The van der Waals surface area contributed by atoms with Gasteiger partial charge >= 0.3 is 0 Å². The second kappa shape index (κ2) is 13.9. The van der Waals surface area contributed by atoms with Gasteiger partial charge < -0.3 is 10.2 Å². The fraction of sp³-hybridized carbons (Fsp3) is 0.286. The molecule has 214 valence electrons. The van der Waals surface area contributed by atoms with Crippen LogP contribution in [0.4, 0.5) is 5.69 Å². The van der Waals surface area contributed by atoms with Crippen LogP contribution in [0.25, 0.3) is 0 Å². The van der Waals surface area contributed by atoms with Crippen molar-refractivity contribution in [1.82, 2.24) is 10.2 Å². The normalized spacial score (nSPS) is 12.9.